The molecule has 29 heavy (non-hydrogen) atoms. The molecule has 0 spiro atoms. The standard InChI is InChI=1S/C21H29FN4O2S/c1-21(2,3)29-12-10-23-20(27)16-5-4-11-26(13-16)14-18-24-19(25-28-18)15-6-8-17(22)9-7-15/h6-9,16H,4-5,10-14H2,1-3H3,(H,23,27). The summed E-state index contributed by atoms with van der Waals surface area (Å²) in [6.07, 6.45) is 1.87. The molecule has 0 bridgehead atoms. The van der Waals surface area contributed by atoms with Gasteiger partial charge >= 0.3 is 0 Å². The molecule has 1 aliphatic rings. The minimum Gasteiger partial charge on any atom is -0.355 e. The van der Waals surface area contributed by atoms with Gasteiger partial charge in [0.05, 0.1) is 12.5 Å². The average molecular weight is 421 g/mol. The van der Waals surface area contributed by atoms with E-state index in [4.69, 9.17) is 4.52 Å². The first-order valence-electron chi connectivity index (χ1n) is 10.0. The molecule has 158 valence electrons. The number of amides is 1. The van der Waals surface area contributed by atoms with Crippen molar-refractivity contribution in [3.05, 3.63) is 36.0 Å². The number of thioether (sulfide) groups is 1. The van der Waals surface area contributed by atoms with Crippen LogP contribution in [-0.4, -0.2) is 51.1 Å². The van der Waals surface area contributed by atoms with Crippen LogP contribution < -0.4 is 5.32 Å². The minimum absolute atomic E-state index is 0.0112. The fourth-order valence-electron chi connectivity index (χ4n) is 3.32. The molecule has 1 atom stereocenters. The van der Waals surface area contributed by atoms with E-state index in [9.17, 15) is 9.18 Å². The third-order valence-corrected chi connectivity index (χ3v) is 6.02. The van der Waals surface area contributed by atoms with Gasteiger partial charge in [-0.05, 0) is 43.7 Å². The topological polar surface area (TPSA) is 71.3 Å². The highest BCUT2D eigenvalue weighted by atomic mass is 32.2. The van der Waals surface area contributed by atoms with Gasteiger partial charge in [0, 0.05) is 29.2 Å². The highest BCUT2D eigenvalue weighted by molar-refractivity contribution is 8.00. The predicted octanol–water partition coefficient (Wildman–Crippen LogP) is 3.74. The lowest BCUT2D eigenvalue weighted by molar-refractivity contribution is -0.126. The van der Waals surface area contributed by atoms with E-state index in [2.05, 4.69) is 41.1 Å². The average Bonchev–Trinajstić information content (AvgIpc) is 3.13. The Bertz CT molecular complexity index is 804. The smallest absolute Gasteiger partial charge is 0.241 e. The largest absolute Gasteiger partial charge is 0.355 e. The second-order valence-corrected chi connectivity index (χ2v) is 10.3. The van der Waals surface area contributed by atoms with Gasteiger partial charge in [-0.3, -0.25) is 9.69 Å². The molecule has 0 saturated carbocycles. The van der Waals surface area contributed by atoms with Crippen LogP contribution in [0.1, 0.15) is 39.5 Å². The lowest BCUT2D eigenvalue weighted by Gasteiger charge is -2.31. The normalized spacial score (nSPS) is 18.0. The fraction of sp³-hybridized carbons (Fsp3) is 0.571. The predicted molar refractivity (Wildman–Crippen MR) is 113 cm³/mol. The molecule has 2 heterocycles. The molecule has 8 heteroatoms. The van der Waals surface area contributed by atoms with Crippen molar-refractivity contribution >= 4 is 17.7 Å². The fourth-order valence-corrected chi connectivity index (χ4v) is 4.13. The summed E-state index contributed by atoms with van der Waals surface area (Å²) in [6, 6.07) is 6.00. The summed E-state index contributed by atoms with van der Waals surface area (Å²) >= 11 is 1.85. The van der Waals surface area contributed by atoms with Crippen molar-refractivity contribution in [3.8, 4) is 11.4 Å². The van der Waals surface area contributed by atoms with Crippen molar-refractivity contribution in [2.45, 2.75) is 44.9 Å². The maximum Gasteiger partial charge on any atom is 0.241 e. The van der Waals surface area contributed by atoms with Gasteiger partial charge in [0.15, 0.2) is 0 Å². The van der Waals surface area contributed by atoms with E-state index in [1.54, 1.807) is 12.1 Å². The van der Waals surface area contributed by atoms with E-state index in [1.165, 1.54) is 12.1 Å². The number of likely N-dealkylation sites (tertiary alicyclic amines) is 1. The van der Waals surface area contributed by atoms with Crippen LogP contribution in [0.15, 0.2) is 28.8 Å². The summed E-state index contributed by atoms with van der Waals surface area (Å²) in [5, 5.41) is 7.06. The number of hydrogen-bond acceptors (Lipinski definition) is 6. The van der Waals surface area contributed by atoms with Gasteiger partial charge in [0.25, 0.3) is 0 Å². The van der Waals surface area contributed by atoms with Crippen LogP contribution in [-0.2, 0) is 11.3 Å². The van der Waals surface area contributed by atoms with Crippen LogP contribution in [0.2, 0.25) is 0 Å². The number of nitrogens with zero attached hydrogens (tertiary/aromatic N) is 3. The Hall–Kier alpha value is -1.93. The van der Waals surface area contributed by atoms with Crippen molar-refractivity contribution in [1.29, 1.82) is 0 Å². The van der Waals surface area contributed by atoms with E-state index in [0.29, 0.717) is 36.9 Å². The van der Waals surface area contributed by atoms with Crippen molar-refractivity contribution in [2.75, 3.05) is 25.4 Å². The molecule has 3 rings (SSSR count). The molecular weight excluding hydrogens is 391 g/mol. The Morgan fingerprint density at radius 1 is 1.34 bits per heavy atom. The highest BCUT2D eigenvalue weighted by Crippen LogP contribution is 2.23. The van der Waals surface area contributed by atoms with Gasteiger partial charge < -0.3 is 9.84 Å². The summed E-state index contributed by atoms with van der Waals surface area (Å²) in [4.78, 5) is 19.1. The summed E-state index contributed by atoms with van der Waals surface area (Å²) < 4.78 is 18.6. The van der Waals surface area contributed by atoms with Crippen LogP contribution in [0.5, 0.6) is 0 Å². The molecule has 1 unspecified atom stereocenters. The highest BCUT2D eigenvalue weighted by Gasteiger charge is 2.26. The van der Waals surface area contributed by atoms with Crippen LogP contribution in [0.25, 0.3) is 11.4 Å². The molecule has 1 aliphatic heterocycles. The monoisotopic (exact) mass is 420 g/mol. The van der Waals surface area contributed by atoms with Gasteiger partial charge in [-0.25, -0.2) is 4.39 Å². The number of nitrogens with one attached hydrogen (secondary N) is 1. The van der Waals surface area contributed by atoms with Crippen molar-refractivity contribution in [2.24, 2.45) is 5.92 Å². The lowest BCUT2D eigenvalue weighted by atomic mass is 9.97. The number of carbonyl (C=O) groups is 1. The zero-order valence-corrected chi connectivity index (χ0v) is 18.1. The number of hydrogen-bond donors (Lipinski definition) is 1. The molecule has 0 aliphatic carbocycles. The molecule has 2 aromatic rings. The van der Waals surface area contributed by atoms with Gasteiger partial charge in [-0.2, -0.15) is 16.7 Å². The van der Waals surface area contributed by atoms with Gasteiger partial charge in [0.1, 0.15) is 5.82 Å². The molecule has 1 N–H and O–H groups in total. The second kappa shape index (κ2) is 9.71. The molecule has 1 amide bonds. The molecule has 0 radical (unpaired) electrons. The van der Waals surface area contributed by atoms with Crippen molar-refractivity contribution in [3.63, 3.8) is 0 Å². The first kappa shape index (κ1) is 21.8. The number of aromatic nitrogens is 2. The first-order chi connectivity index (χ1) is 13.8. The molecule has 6 nitrogen and oxygen atoms in total. The summed E-state index contributed by atoms with van der Waals surface area (Å²) in [7, 11) is 0. The third-order valence-electron chi connectivity index (χ3n) is 4.74. The maximum atomic E-state index is 13.1. The van der Waals surface area contributed by atoms with Crippen LogP contribution in [0, 0.1) is 11.7 Å². The summed E-state index contributed by atoms with van der Waals surface area (Å²) in [5.41, 5.74) is 0.713. The Kier molecular flexibility index (Phi) is 7.29. The van der Waals surface area contributed by atoms with E-state index < -0.39 is 0 Å². The van der Waals surface area contributed by atoms with Gasteiger partial charge in [-0.1, -0.05) is 25.9 Å². The lowest BCUT2D eigenvalue weighted by Crippen LogP contribution is -2.43. The zero-order valence-electron chi connectivity index (χ0n) is 17.3. The van der Waals surface area contributed by atoms with E-state index in [0.717, 1.165) is 25.1 Å². The number of benzene rings is 1. The third kappa shape index (κ3) is 6.82. The first-order valence-corrected chi connectivity index (χ1v) is 11.0. The van der Waals surface area contributed by atoms with Crippen molar-refractivity contribution < 1.29 is 13.7 Å². The molecule has 1 aromatic heterocycles. The van der Waals surface area contributed by atoms with Gasteiger partial charge in [0.2, 0.25) is 17.6 Å². The summed E-state index contributed by atoms with van der Waals surface area (Å²) in [5.74, 6) is 1.69. The van der Waals surface area contributed by atoms with E-state index >= 15 is 0 Å². The Morgan fingerprint density at radius 3 is 2.83 bits per heavy atom. The van der Waals surface area contributed by atoms with E-state index in [1.807, 2.05) is 11.8 Å². The Labute approximate surface area is 175 Å². The molecular formula is C21H29FN4O2S. The van der Waals surface area contributed by atoms with Crippen molar-refractivity contribution in [1.82, 2.24) is 20.4 Å². The molecule has 1 fully saturated rings. The minimum atomic E-state index is -0.299. The SMILES string of the molecule is CC(C)(C)SCCNC(=O)C1CCCN(Cc2nc(-c3ccc(F)cc3)no2)C1. The number of piperidine rings is 1. The van der Waals surface area contributed by atoms with E-state index in [-0.39, 0.29) is 22.4 Å². The zero-order chi connectivity index (χ0) is 20.9. The van der Waals surface area contributed by atoms with Crippen LogP contribution in [0.4, 0.5) is 4.39 Å². The quantitative estimate of drug-likeness (QED) is 0.688. The Morgan fingerprint density at radius 2 is 2.10 bits per heavy atom. The van der Waals surface area contributed by atoms with Crippen LogP contribution >= 0.6 is 11.8 Å². The maximum absolute atomic E-state index is 13.1. The van der Waals surface area contributed by atoms with Gasteiger partial charge in [-0.15, -0.1) is 0 Å². The second-order valence-electron chi connectivity index (χ2n) is 8.34. The number of halogens is 1. The molecule has 1 saturated heterocycles. The Balaban J connectivity index is 1.48. The summed E-state index contributed by atoms with van der Waals surface area (Å²) in [6.45, 7) is 9.33. The number of rotatable bonds is 7. The van der Waals surface area contributed by atoms with Crippen LogP contribution in [0.3, 0.4) is 0 Å². The molecule has 1 aromatic carbocycles. The number of carbonyl (C=O) groups excluding carboxylic acids is 1.